The van der Waals surface area contributed by atoms with Crippen molar-refractivity contribution in [1.29, 1.82) is 0 Å². The van der Waals surface area contributed by atoms with Gasteiger partial charge in [-0.2, -0.15) is 0 Å². The van der Waals surface area contributed by atoms with Crippen molar-refractivity contribution in [2.75, 3.05) is 5.75 Å². The number of hydrogen-bond donors (Lipinski definition) is 1. The van der Waals surface area contributed by atoms with Crippen LogP contribution in [0.5, 0.6) is 0 Å². The van der Waals surface area contributed by atoms with Gasteiger partial charge in [0.1, 0.15) is 0 Å². The monoisotopic (exact) mass is 199 g/mol. The summed E-state index contributed by atoms with van der Waals surface area (Å²) in [5.41, 5.74) is 7.15. The van der Waals surface area contributed by atoms with Crippen LogP contribution in [-0.4, -0.2) is 5.75 Å². The molecule has 1 heterocycles. The standard InChI is InChI=1S/C9H10ClNS/c10-6-1-2-9-7(5-6)8(11)3-4-12-9/h1-2,5,8H,3-4,11H2/t8-/m0/s1. The maximum Gasteiger partial charge on any atom is 0.0410 e. The van der Waals surface area contributed by atoms with E-state index in [1.165, 1.54) is 10.5 Å². The lowest BCUT2D eigenvalue weighted by Gasteiger charge is -2.21. The zero-order chi connectivity index (χ0) is 8.55. The van der Waals surface area contributed by atoms with E-state index in [-0.39, 0.29) is 6.04 Å². The lowest BCUT2D eigenvalue weighted by Crippen LogP contribution is -2.15. The molecule has 0 aromatic heterocycles. The minimum Gasteiger partial charge on any atom is -0.324 e. The molecule has 1 aromatic rings. The van der Waals surface area contributed by atoms with E-state index >= 15 is 0 Å². The topological polar surface area (TPSA) is 26.0 Å². The normalized spacial score (nSPS) is 22.0. The van der Waals surface area contributed by atoms with Gasteiger partial charge in [-0.15, -0.1) is 11.8 Å². The maximum atomic E-state index is 5.94. The van der Waals surface area contributed by atoms with Gasteiger partial charge < -0.3 is 5.73 Å². The van der Waals surface area contributed by atoms with Crippen molar-refractivity contribution in [3.05, 3.63) is 28.8 Å². The van der Waals surface area contributed by atoms with Crippen molar-refractivity contribution >= 4 is 23.4 Å². The summed E-state index contributed by atoms with van der Waals surface area (Å²) in [7, 11) is 0. The van der Waals surface area contributed by atoms with E-state index in [2.05, 4.69) is 6.07 Å². The molecule has 2 N–H and O–H groups in total. The molecule has 2 rings (SSSR count). The Labute approximate surface area is 81.3 Å². The van der Waals surface area contributed by atoms with Crippen LogP contribution < -0.4 is 5.73 Å². The van der Waals surface area contributed by atoms with Gasteiger partial charge in [0.2, 0.25) is 0 Å². The SMILES string of the molecule is N[C@H]1CCSc2ccc(Cl)cc21. The molecule has 0 aliphatic carbocycles. The molecule has 64 valence electrons. The molecule has 1 aliphatic rings. The van der Waals surface area contributed by atoms with Crippen LogP contribution in [0, 0.1) is 0 Å². The Kier molecular flexibility index (Phi) is 2.31. The van der Waals surface area contributed by atoms with Gasteiger partial charge in [-0.25, -0.2) is 0 Å². The Morgan fingerprint density at radius 2 is 2.33 bits per heavy atom. The van der Waals surface area contributed by atoms with Crippen molar-refractivity contribution in [2.24, 2.45) is 5.73 Å². The quantitative estimate of drug-likeness (QED) is 0.696. The fourth-order valence-corrected chi connectivity index (χ4v) is 2.71. The van der Waals surface area contributed by atoms with Crippen LogP contribution in [-0.2, 0) is 0 Å². The van der Waals surface area contributed by atoms with Crippen molar-refractivity contribution in [3.8, 4) is 0 Å². The third-order valence-electron chi connectivity index (χ3n) is 2.06. The summed E-state index contributed by atoms with van der Waals surface area (Å²) in [6, 6.07) is 6.14. The predicted molar refractivity (Wildman–Crippen MR) is 53.7 cm³/mol. The Morgan fingerprint density at radius 3 is 3.17 bits per heavy atom. The number of rotatable bonds is 0. The number of thioether (sulfide) groups is 1. The first kappa shape index (κ1) is 8.42. The largest absolute Gasteiger partial charge is 0.324 e. The summed E-state index contributed by atoms with van der Waals surface area (Å²) in [5, 5.41) is 0.784. The highest BCUT2D eigenvalue weighted by molar-refractivity contribution is 7.99. The van der Waals surface area contributed by atoms with E-state index in [4.69, 9.17) is 17.3 Å². The highest BCUT2D eigenvalue weighted by atomic mass is 35.5. The average Bonchev–Trinajstić information content (AvgIpc) is 2.07. The molecule has 0 radical (unpaired) electrons. The summed E-state index contributed by atoms with van der Waals surface area (Å²) in [5.74, 6) is 1.12. The van der Waals surface area contributed by atoms with E-state index in [0.29, 0.717) is 0 Å². The molecule has 1 aliphatic heterocycles. The minimum absolute atomic E-state index is 0.181. The van der Waals surface area contributed by atoms with E-state index in [1.807, 2.05) is 23.9 Å². The number of fused-ring (bicyclic) bond motifs is 1. The third kappa shape index (κ3) is 1.47. The van der Waals surface area contributed by atoms with Gasteiger partial charge in [-0.3, -0.25) is 0 Å². The molecule has 0 amide bonds. The average molecular weight is 200 g/mol. The third-order valence-corrected chi connectivity index (χ3v) is 3.42. The molecular formula is C9H10ClNS. The predicted octanol–water partition coefficient (Wildman–Crippen LogP) is 2.84. The molecule has 1 atom stereocenters. The summed E-state index contributed by atoms with van der Waals surface area (Å²) < 4.78 is 0. The second kappa shape index (κ2) is 3.29. The number of halogens is 1. The Morgan fingerprint density at radius 1 is 1.50 bits per heavy atom. The molecule has 1 nitrogen and oxygen atoms in total. The Balaban J connectivity index is 2.47. The van der Waals surface area contributed by atoms with Crippen LogP contribution in [0.4, 0.5) is 0 Å². The second-order valence-corrected chi connectivity index (χ2v) is 4.50. The van der Waals surface area contributed by atoms with Crippen molar-refractivity contribution in [3.63, 3.8) is 0 Å². The summed E-state index contributed by atoms with van der Waals surface area (Å²) in [4.78, 5) is 1.29. The molecule has 1 aromatic carbocycles. The molecule has 0 unspecified atom stereocenters. The number of hydrogen-bond acceptors (Lipinski definition) is 2. The van der Waals surface area contributed by atoms with Gasteiger partial charge in [0, 0.05) is 16.0 Å². The van der Waals surface area contributed by atoms with E-state index in [9.17, 15) is 0 Å². The summed E-state index contributed by atoms with van der Waals surface area (Å²) in [6.45, 7) is 0. The van der Waals surface area contributed by atoms with Crippen LogP contribution in [0.3, 0.4) is 0 Å². The smallest absolute Gasteiger partial charge is 0.0410 e. The molecule has 12 heavy (non-hydrogen) atoms. The first-order chi connectivity index (χ1) is 5.77. The van der Waals surface area contributed by atoms with Crippen LogP contribution in [0.1, 0.15) is 18.0 Å². The van der Waals surface area contributed by atoms with Gasteiger partial charge in [0.15, 0.2) is 0 Å². The second-order valence-electron chi connectivity index (χ2n) is 2.93. The molecule has 3 heteroatoms. The van der Waals surface area contributed by atoms with Crippen LogP contribution in [0.25, 0.3) is 0 Å². The van der Waals surface area contributed by atoms with Gasteiger partial charge in [0.05, 0.1) is 0 Å². The lowest BCUT2D eigenvalue weighted by atomic mass is 10.1. The summed E-state index contributed by atoms with van der Waals surface area (Å²) in [6.07, 6.45) is 1.05. The van der Waals surface area contributed by atoms with Gasteiger partial charge >= 0.3 is 0 Å². The van der Waals surface area contributed by atoms with Gasteiger partial charge in [0.25, 0.3) is 0 Å². The Bertz CT molecular complexity index is 301. The highest BCUT2D eigenvalue weighted by Crippen LogP contribution is 2.35. The highest BCUT2D eigenvalue weighted by Gasteiger charge is 2.16. The first-order valence-electron chi connectivity index (χ1n) is 3.95. The van der Waals surface area contributed by atoms with Crippen LogP contribution in [0.15, 0.2) is 23.1 Å². The lowest BCUT2D eigenvalue weighted by molar-refractivity contribution is 0.680. The van der Waals surface area contributed by atoms with Gasteiger partial charge in [-0.05, 0) is 35.9 Å². The number of benzene rings is 1. The number of nitrogens with two attached hydrogens (primary N) is 1. The molecule has 0 saturated heterocycles. The minimum atomic E-state index is 0.181. The molecule has 0 fully saturated rings. The zero-order valence-corrected chi connectivity index (χ0v) is 8.16. The van der Waals surface area contributed by atoms with Crippen molar-refractivity contribution in [1.82, 2.24) is 0 Å². The molecule has 0 bridgehead atoms. The van der Waals surface area contributed by atoms with Crippen LogP contribution >= 0.6 is 23.4 Å². The van der Waals surface area contributed by atoms with E-state index in [1.54, 1.807) is 0 Å². The van der Waals surface area contributed by atoms with Crippen LogP contribution in [0.2, 0.25) is 5.02 Å². The molecular weight excluding hydrogens is 190 g/mol. The summed E-state index contributed by atoms with van der Waals surface area (Å²) >= 11 is 7.74. The van der Waals surface area contributed by atoms with Crippen molar-refractivity contribution < 1.29 is 0 Å². The van der Waals surface area contributed by atoms with Gasteiger partial charge in [-0.1, -0.05) is 11.6 Å². The Hall–Kier alpha value is -0.180. The molecule has 0 spiro atoms. The van der Waals surface area contributed by atoms with E-state index in [0.717, 1.165) is 17.2 Å². The first-order valence-corrected chi connectivity index (χ1v) is 5.31. The van der Waals surface area contributed by atoms with E-state index < -0.39 is 0 Å². The fourth-order valence-electron chi connectivity index (χ4n) is 1.39. The maximum absolute atomic E-state index is 5.94. The fraction of sp³-hybridized carbons (Fsp3) is 0.333. The zero-order valence-electron chi connectivity index (χ0n) is 6.59. The molecule has 0 saturated carbocycles. The van der Waals surface area contributed by atoms with Crippen molar-refractivity contribution in [2.45, 2.75) is 17.4 Å².